The van der Waals surface area contributed by atoms with Crippen molar-refractivity contribution in [2.75, 3.05) is 7.11 Å². The van der Waals surface area contributed by atoms with Crippen LogP contribution >= 0.6 is 11.6 Å². The molecule has 3 aromatic rings. The maximum Gasteiger partial charge on any atom is 0.156 e. The number of fused-ring (bicyclic) bond motifs is 1. The molecule has 3 rings (SSSR count). The third-order valence-corrected chi connectivity index (χ3v) is 3.14. The molecule has 0 saturated heterocycles. The van der Waals surface area contributed by atoms with Crippen LogP contribution in [0, 0.1) is 0 Å². The highest BCUT2D eigenvalue weighted by molar-refractivity contribution is 6.32. The number of hydrogen-bond donors (Lipinski definition) is 0. The summed E-state index contributed by atoms with van der Waals surface area (Å²) in [5.74, 6) is 0.741. The summed E-state index contributed by atoms with van der Waals surface area (Å²) in [7, 11) is 1.62. The van der Waals surface area contributed by atoms with Crippen molar-refractivity contribution in [1.82, 2.24) is 9.97 Å². The minimum absolute atomic E-state index is 0.395. The maximum absolute atomic E-state index is 6.22. The highest BCUT2D eigenvalue weighted by Gasteiger charge is 2.09. The van der Waals surface area contributed by atoms with Crippen molar-refractivity contribution in [3.05, 3.63) is 53.7 Å². The summed E-state index contributed by atoms with van der Waals surface area (Å²) in [5, 5.41) is 0.395. The second-order valence-electron chi connectivity index (χ2n) is 4.08. The lowest BCUT2D eigenvalue weighted by atomic mass is 10.1. The molecule has 94 valence electrons. The van der Waals surface area contributed by atoms with Gasteiger partial charge in [0, 0.05) is 11.6 Å². The highest BCUT2D eigenvalue weighted by Crippen LogP contribution is 2.27. The van der Waals surface area contributed by atoms with Gasteiger partial charge in [-0.25, -0.2) is 9.97 Å². The number of rotatable bonds is 2. The molecule has 1 aromatic heterocycles. The van der Waals surface area contributed by atoms with E-state index in [-0.39, 0.29) is 0 Å². The Hall–Kier alpha value is -2.13. The van der Waals surface area contributed by atoms with Gasteiger partial charge in [-0.2, -0.15) is 0 Å². The summed E-state index contributed by atoms with van der Waals surface area (Å²) in [5.41, 5.74) is 3.17. The smallest absolute Gasteiger partial charge is 0.156 e. The molecular weight excluding hydrogens is 260 g/mol. The van der Waals surface area contributed by atoms with E-state index in [0.717, 1.165) is 22.3 Å². The first-order valence-corrected chi connectivity index (χ1v) is 6.22. The second-order valence-corrected chi connectivity index (χ2v) is 4.44. The maximum atomic E-state index is 6.22. The Morgan fingerprint density at radius 1 is 0.947 bits per heavy atom. The summed E-state index contributed by atoms with van der Waals surface area (Å²) in [4.78, 5) is 8.95. The quantitative estimate of drug-likeness (QED) is 0.707. The molecule has 0 saturated carbocycles. The van der Waals surface area contributed by atoms with Crippen LogP contribution in [0.4, 0.5) is 0 Å². The van der Waals surface area contributed by atoms with E-state index in [1.807, 2.05) is 48.5 Å². The van der Waals surface area contributed by atoms with Gasteiger partial charge in [0.15, 0.2) is 5.15 Å². The van der Waals surface area contributed by atoms with Crippen molar-refractivity contribution in [2.24, 2.45) is 0 Å². The van der Waals surface area contributed by atoms with Crippen LogP contribution in [0.3, 0.4) is 0 Å². The third kappa shape index (κ3) is 2.25. The van der Waals surface area contributed by atoms with E-state index in [0.29, 0.717) is 10.8 Å². The molecule has 0 atom stereocenters. The molecule has 0 bridgehead atoms. The van der Waals surface area contributed by atoms with Gasteiger partial charge < -0.3 is 4.74 Å². The lowest BCUT2D eigenvalue weighted by Crippen LogP contribution is -1.92. The molecular formula is C15H11ClN2O. The van der Waals surface area contributed by atoms with Crippen molar-refractivity contribution in [1.29, 1.82) is 0 Å². The van der Waals surface area contributed by atoms with Gasteiger partial charge in [0.05, 0.1) is 18.1 Å². The van der Waals surface area contributed by atoms with Crippen LogP contribution in [0.15, 0.2) is 48.5 Å². The van der Waals surface area contributed by atoms with Crippen molar-refractivity contribution in [3.63, 3.8) is 0 Å². The number of hydrogen-bond acceptors (Lipinski definition) is 3. The molecule has 19 heavy (non-hydrogen) atoms. The average Bonchev–Trinajstić information content (AvgIpc) is 2.47. The van der Waals surface area contributed by atoms with Crippen molar-refractivity contribution in [3.8, 4) is 17.0 Å². The van der Waals surface area contributed by atoms with Crippen LogP contribution in [-0.2, 0) is 0 Å². The largest absolute Gasteiger partial charge is 0.497 e. The van der Waals surface area contributed by atoms with Crippen LogP contribution in [0.1, 0.15) is 0 Å². The van der Waals surface area contributed by atoms with E-state index >= 15 is 0 Å². The molecule has 0 aliphatic heterocycles. The SMILES string of the molecule is COc1ccc2nc(-c3ccccc3)c(Cl)nc2c1. The summed E-state index contributed by atoms with van der Waals surface area (Å²) in [6.07, 6.45) is 0. The second kappa shape index (κ2) is 4.86. The fourth-order valence-electron chi connectivity index (χ4n) is 1.92. The van der Waals surface area contributed by atoms with E-state index in [1.54, 1.807) is 7.11 Å². The van der Waals surface area contributed by atoms with Gasteiger partial charge in [-0.1, -0.05) is 41.9 Å². The van der Waals surface area contributed by atoms with E-state index in [9.17, 15) is 0 Å². The number of aromatic nitrogens is 2. The molecule has 4 heteroatoms. The van der Waals surface area contributed by atoms with Crippen molar-refractivity contribution >= 4 is 22.6 Å². The number of nitrogens with zero attached hydrogens (tertiary/aromatic N) is 2. The van der Waals surface area contributed by atoms with E-state index < -0.39 is 0 Å². The average molecular weight is 271 g/mol. The Labute approximate surface area is 115 Å². The standard InChI is InChI=1S/C15H11ClN2O/c1-19-11-7-8-12-13(9-11)18-15(16)14(17-12)10-5-3-2-4-6-10/h2-9H,1H3. The van der Waals surface area contributed by atoms with Gasteiger partial charge in [0.25, 0.3) is 0 Å². The Balaban J connectivity index is 2.20. The van der Waals surface area contributed by atoms with Gasteiger partial charge >= 0.3 is 0 Å². The van der Waals surface area contributed by atoms with Crippen LogP contribution in [0.2, 0.25) is 5.15 Å². The van der Waals surface area contributed by atoms with E-state index in [2.05, 4.69) is 9.97 Å². The van der Waals surface area contributed by atoms with Crippen molar-refractivity contribution in [2.45, 2.75) is 0 Å². The molecule has 0 fully saturated rings. The van der Waals surface area contributed by atoms with Crippen LogP contribution in [0.5, 0.6) is 5.75 Å². The topological polar surface area (TPSA) is 35.0 Å². The summed E-state index contributed by atoms with van der Waals surface area (Å²) >= 11 is 6.22. The first-order valence-electron chi connectivity index (χ1n) is 5.84. The number of benzene rings is 2. The van der Waals surface area contributed by atoms with Gasteiger partial charge in [0.2, 0.25) is 0 Å². The fourth-order valence-corrected chi connectivity index (χ4v) is 2.16. The van der Waals surface area contributed by atoms with Crippen LogP contribution in [-0.4, -0.2) is 17.1 Å². The molecule has 2 aromatic carbocycles. The minimum Gasteiger partial charge on any atom is -0.497 e. The fraction of sp³-hybridized carbons (Fsp3) is 0.0667. The van der Waals surface area contributed by atoms with Gasteiger partial charge in [0.1, 0.15) is 11.4 Å². The van der Waals surface area contributed by atoms with Crippen LogP contribution < -0.4 is 4.74 Å². The molecule has 0 aliphatic rings. The lowest BCUT2D eigenvalue weighted by Gasteiger charge is -2.06. The normalized spacial score (nSPS) is 10.6. The Morgan fingerprint density at radius 3 is 2.47 bits per heavy atom. The molecule has 3 nitrogen and oxygen atoms in total. The number of halogens is 1. The molecule has 0 aliphatic carbocycles. The predicted octanol–water partition coefficient (Wildman–Crippen LogP) is 3.96. The zero-order chi connectivity index (χ0) is 13.2. The summed E-state index contributed by atoms with van der Waals surface area (Å²) in [6.45, 7) is 0. The van der Waals surface area contributed by atoms with E-state index in [1.165, 1.54) is 0 Å². The number of ether oxygens (including phenoxy) is 1. The molecule has 0 unspecified atom stereocenters. The highest BCUT2D eigenvalue weighted by atomic mass is 35.5. The lowest BCUT2D eigenvalue weighted by molar-refractivity contribution is 0.415. The first kappa shape index (κ1) is 11.9. The monoisotopic (exact) mass is 270 g/mol. The Kier molecular flexibility index (Phi) is 3.05. The van der Waals surface area contributed by atoms with Crippen LogP contribution in [0.25, 0.3) is 22.3 Å². The molecule has 0 spiro atoms. The summed E-state index contributed by atoms with van der Waals surface area (Å²) < 4.78 is 5.17. The first-order chi connectivity index (χ1) is 9.28. The predicted molar refractivity (Wildman–Crippen MR) is 76.5 cm³/mol. The minimum atomic E-state index is 0.395. The molecule has 1 heterocycles. The van der Waals surface area contributed by atoms with Gasteiger partial charge in [-0.05, 0) is 12.1 Å². The molecule has 0 radical (unpaired) electrons. The zero-order valence-corrected chi connectivity index (χ0v) is 11.1. The Morgan fingerprint density at radius 2 is 1.74 bits per heavy atom. The van der Waals surface area contributed by atoms with Gasteiger partial charge in [-0.3, -0.25) is 0 Å². The number of methoxy groups -OCH3 is 1. The molecule has 0 N–H and O–H groups in total. The Bertz CT molecular complexity index is 729. The van der Waals surface area contributed by atoms with Gasteiger partial charge in [-0.15, -0.1) is 0 Å². The zero-order valence-electron chi connectivity index (χ0n) is 10.3. The third-order valence-electron chi connectivity index (χ3n) is 2.88. The van der Waals surface area contributed by atoms with Crippen molar-refractivity contribution < 1.29 is 4.74 Å². The molecule has 0 amide bonds. The summed E-state index contributed by atoms with van der Waals surface area (Å²) in [6, 6.07) is 15.3. The van der Waals surface area contributed by atoms with E-state index in [4.69, 9.17) is 16.3 Å².